The minimum absolute atomic E-state index is 0.0152. The molecule has 150 valence electrons. The van der Waals surface area contributed by atoms with E-state index in [9.17, 15) is 9.90 Å². The summed E-state index contributed by atoms with van der Waals surface area (Å²) in [6, 6.07) is 3.74. The molecular weight excluding hydrogens is 356 g/mol. The van der Waals surface area contributed by atoms with Crippen LogP contribution in [0.4, 0.5) is 0 Å². The molecule has 6 heteroatoms. The number of phenolic OH excluding ortho intramolecular Hbond substituents is 1. The van der Waals surface area contributed by atoms with Gasteiger partial charge in [-0.1, -0.05) is 6.07 Å². The standard InChI is InChI=1S/C22H28N2O4/c1-14-15(2)21-18(16(3)20(14)26)7-8-22(4,28-21)13-27-12-19(25)24-11-17-6-5-9-23-10-17/h5-6,9-10,26H,7-8,11-13H2,1-4H3,(H,24,25). The van der Waals surface area contributed by atoms with E-state index in [2.05, 4.69) is 10.3 Å². The van der Waals surface area contributed by atoms with Gasteiger partial charge in [0.2, 0.25) is 5.91 Å². The summed E-state index contributed by atoms with van der Waals surface area (Å²) in [5, 5.41) is 13.1. The number of benzene rings is 1. The van der Waals surface area contributed by atoms with Crippen LogP contribution in [-0.4, -0.2) is 34.8 Å². The molecule has 1 atom stereocenters. The smallest absolute Gasteiger partial charge is 0.246 e. The van der Waals surface area contributed by atoms with Crippen molar-refractivity contribution < 1.29 is 19.4 Å². The number of amides is 1. The SMILES string of the molecule is Cc1c(C)c2c(c(C)c1O)CCC(C)(COCC(=O)NCc1cccnc1)O2. The lowest BCUT2D eigenvalue weighted by Crippen LogP contribution is -2.42. The molecule has 0 aliphatic carbocycles. The van der Waals surface area contributed by atoms with Crippen LogP contribution in [0.15, 0.2) is 24.5 Å². The zero-order valence-corrected chi connectivity index (χ0v) is 17.0. The number of aromatic nitrogens is 1. The number of pyridine rings is 1. The first-order valence-corrected chi connectivity index (χ1v) is 9.55. The molecule has 0 radical (unpaired) electrons. The Morgan fingerprint density at radius 1 is 1.32 bits per heavy atom. The number of rotatable bonds is 6. The van der Waals surface area contributed by atoms with Crippen molar-refractivity contribution in [3.05, 3.63) is 52.3 Å². The van der Waals surface area contributed by atoms with Crippen LogP contribution in [0.25, 0.3) is 0 Å². The predicted molar refractivity (Wildman–Crippen MR) is 107 cm³/mol. The summed E-state index contributed by atoms with van der Waals surface area (Å²) in [7, 11) is 0. The van der Waals surface area contributed by atoms with Gasteiger partial charge in [0, 0.05) is 24.5 Å². The van der Waals surface area contributed by atoms with Gasteiger partial charge in [-0.25, -0.2) is 0 Å². The molecule has 1 aliphatic heterocycles. The molecule has 1 aromatic carbocycles. The van der Waals surface area contributed by atoms with Crippen LogP contribution in [0.1, 0.15) is 41.2 Å². The van der Waals surface area contributed by atoms with E-state index < -0.39 is 5.60 Å². The summed E-state index contributed by atoms with van der Waals surface area (Å²) >= 11 is 0. The zero-order valence-electron chi connectivity index (χ0n) is 17.0. The molecule has 1 aromatic heterocycles. The average molecular weight is 384 g/mol. The molecular formula is C22H28N2O4. The normalized spacial score (nSPS) is 18.3. The monoisotopic (exact) mass is 384 g/mol. The number of carbonyl (C=O) groups is 1. The lowest BCUT2D eigenvalue weighted by molar-refractivity contribution is -0.128. The van der Waals surface area contributed by atoms with Gasteiger partial charge in [0.15, 0.2) is 0 Å². The first-order chi connectivity index (χ1) is 13.3. The molecule has 0 fully saturated rings. The van der Waals surface area contributed by atoms with Crippen molar-refractivity contribution in [2.24, 2.45) is 0 Å². The lowest BCUT2D eigenvalue weighted by atomic mass is 9.87. The van der Waals surface area contributed by atoms with Crippen molar-refractivity contribution in [3.63, 3.8) is 0 Å². The largest absolute Gasteiger partial charge is 0.507 e. The highest BCUT2D eigenvalue weighted by atomic mass is 16.5. The van der Waals surface area contributed by atoms with Crippen molar-refractivity contribution in [3.8, 4) is 11.5 Å². The fourth-order valence-electron chi connectivity index (χ4n) is 3.51. The second kappa shape index (κ2) is 8.19. The first kappa shape index (κ1) is 20.1. The van der Waals surface area contributed by atoms with E-state index in [0.717, 1.165) is 46.4 Å². The lowest BCUT2D eigenvalue weighted by Gasteiger charge is -2.37. The third-order valence-electron chi connectivity index (χ3n) is 5.45. The second-order valence-electron chi connectivity index (χ2n) is 7.71. The van der Waals surface area contributed by atoms with E-state index >= 15 is 0 Å². The fraction of sp³-hybridized carbons (Fsp3) is 0.455. The van der Waals surface area contributed by atoms with Crippen molar-refractivity contribution in [1.29, 1.82) is 0 Å². The molecule has 1 unspecified atom stereocenters. The van der Waals surface area contributed by atoms with Crippen LogP contribution in [0, 0.1) is 20.8 Å². The Morgan fingerprint density at radius 3 is 2.82 bits per heavy atom. The van der Waals surface area contributed by atoms with Crippen molar-refractivity contribution in [2.45, 2.75) is 52.7 Å². The van der Waals surface area contributed by atoms with Crippen LogP contribution in [-0.2, 0) is 22.5 Å². The summed E-state index contributed by atoms with van der Waals surface area (Å²) in [5.74, 6) is 1.02. The van der Waals surface area contributed by atoms with Gasteiger partial charge in [0.05, 0.1) is 6.61 Å². The average Bonchev–Trinajstić information content (AvgIpc) is 2.70. The van der Waals surface area contributed by atoms with Gasteiger partial charge in [-0.15, -0.1) is 0 Å². The van der Waals surface area contributed by atoms with Crippen LogP contribution in [0.3, 0.4) is 0 Å². The van der Waals surface area contributed by atoms with E-state index in [0.29, 0.717) is 18.9 Å². The van der Waals surface area contributed by atoms with Gasteiger partial charge in [-0.3, -0.25) is 9.78 Å². The molecule has 1 amide bonds. The van der Waals surface area contributed by atoms with Gasteiger partial charge in [0.25, 0.3) is 0 Å². The maximum atomic E-state index is 12.0. The number of ether oxygens (including phenoxy) is 2. The van der Waals surface area contributed by atoms with E-state index in [1.807, 2.05) is 39.8 Å². The van der Waals surface area contributed by atoms with Crippen molar-refractivity contribution >= 4 is 5.91 Å². The minimum Gasteiger partial charge on any atom is -0.507 e. The van der Waals surface area contributed by atoms with Gasteiger partial charge in [-0.05, 0) is 68.9 Å². The number of hydrogen-bond acceptors (Lipinski definition) is 5. The van der Waals surface area contributed by atoms with Crippen molar-refractivity contribution in [1.82, 2.24) is 10.3 Å². The Kier molecular flexibility index (Phi) is 5.89. The highest BCUT2D eigenvalue weighted by Gasteiger charge is 2.35. The van der Waals surface area contributed by atoms with E-state index in [1.165, 1.54) is 0 Å². The predicted octanol–water partition coefficient (Wildman–Crippen LogP) is 3.13. The Bertz CT molecular complexity index is 867. The van der Waals surface area contributed by atoms with Crippen LogP contribution in [0.2, 0.25) is 0 Å². The van der Waals surface area contributed by atoms with Gasteiger partial charge in [-0.2, -0.15) is 0 Å². The molecule has 3 rings (SSSR count). The third-order valence-corrected chi connectivity index (χ3v) is 5.45. The van der Waals surface area contributed by atoms with Crippen LogP contribution < -0.4 is 10.1 Å². The number of hydrogen-bond donors (Lipinski definition) is 2. The van der Waals surface area contributed by atoms with Crippen LogP contribution >= 0.6 is 0 Å². The number of aromatic hydroxyl groups is 1. The number of nitrogens with zero attached hydrogens (tertiary/aromatic N) is 1. The van der Waals surface area contributed by atoms with Gasteiger partial charge < -0.3 is 19.9 Å². The highest BCUT2D eigenvalue weighted by molar-refractivity contribution is 5.77. The van der Waals surface area contributed by atoms with Gasteiger partial charge >= 0.3 is 0 Å². The Morgan fingerprint density at radius 2 is 2.11 bits per heavy atom. The van der Waals surface area contributed by atoms with Crippen LogP contribution in [0.5, 0.6) is 11.5 Å². The molecule has 6 nitrogen and oxygen atoms in total. The molecule has 0 saturated heterocycles. The number of carbonyl (C=O) groups excluding carboxylic acids is 1. The molecule has 1 aliphatic rings. The van der Waals surface area contributed by atoms with Gasteiger partial charge in [0.1, 0.15) is 23.7 Å². The number of phenols is 1. The third kappa shape index (κ3) is 4.28. The molecule has 2 aromatic rings. The molecule has 0 bridgehead atoms. The number of nitrogens with one attached hydrogen (secondary N) is 1. The summed E-state index contributed by atoms with van der Waals surface area (Å²) < 4.78 is 12.0. The van der Waals surface area contributed by atoms with Crippen molar-refractivity contribution in [2.75, 3.05) is 13.2 Å². The molecule has 28 heavy (non-hydrogen) atoms. The summed E-state index contributed by atoms with van der Waals surface area (Å²) in [5.41, 5.74) is 4.19. The zero-order chi connectivity index (χ0) is 20.3. The maximum absolute atomic E-state index is 12.0. The van der Waals surface area contributed by atoms with E-state index in [1.54, 1.807) is 12.4 Å². The quantitative estimate of drug-likeness (QED) is 0.800. The fourth-order valence-corrected chi connectivity index (χ4v) is 3.51. The summed E-state index contributed by atoms with van der Waals surface area (Å²) in [6.07, 6.45) is 4.99. The van der Waals surface area contributed by atoms with E-state index in [-0.39, 0.29) is 12.5 Å². The topological polar surface area (TPSA) is 80.7 Å². The summed E-state index contributed by atoms with van der Waals surface area (Å²) in [4.78, 5) is 16.0. The van der Waals surface area contributed by atoms with E-state index in [4.69, 9.17) is 9.47 Å². The Labute approximate surface area is 165 Å². The maximum Gasteiger partial charge on any atom is 0.246 e. The second-order valence-corrected chi connectivity index (χ2v) is 7.71. The molecule has 0 spiro atoms. The summed E-state index contributed by atoms with van der Waals surface area (Å²) in [6.45, 7) is 8.53. The Balaban J connectivity index is 1.55. The molecule has 2 N–H and O–H groups in total. The highest BCUT2D eigenvalue weighted by Crippen LogP contribution is 2.43. The first-order valence-electron chi connectivity index (χ1n) is 9.55. The molecule has 2 heterocycles. The number of fused-ring (bicyclic) bond motifs is 1. The minimum atomic E-state index is -0.503. The Hall–Kier alpha value is -2.60. The molecule has 0 saturated carbocycles.